The van der Waals surface area contributed by atoms with Gasteiger partial charge in [0.25, 0.3) is 0 Å². The van der Waals surface area contributed by atoms with Crippen LogP contribution in [0.1, 0.15) is 103 Å². The first-order valence-corrected chi connectivity index (χ1v) is 47.1. The van der Waals surface area contributed by atoms with Crippen molar-refractivity contribution in [2.75, 3.05) is 0 Å². The molecule has 5 aliphatic carbocycles. The van der Waals surface area contributed by atoms with E-state index < -0.39 is 5.41 Å². The van der Waals surface area contributed by atoms with Gasteiger partial charge in [-0.1, -0.05) is 364 Å². The fourth-order valence-electron chi connectivity index (χ4n) is 24.4. The van der Waals surface area contributed by atoms with Gasteiger partial charge in [0, 0.05) is 71.3 Å². The largest absolute Gasteiger partial charge is 0.309 e. The van der Waals surface area contributed by atoms with Crippen molar-refractivity contribution < 1.29 is 0 Å². The molecule has 20 aromatic carbocycles. The van der Waals surface area contributed by atoms with Crippen molar-refractivity contribution in [1.82, 2.24) is 18.3 Å². The second kappa shape index (κ2) is 30.3. The van der Waals surface area contributed by atoms with Gasteiger partial charge < -0.3 is 18.3 Å². The van der Waals surface area contributed by atoms with Crippen molar-refractivity contribution in [1.29, 1.82) is 0 Å². The number of nitrogens with zero attached hydrogens (tertiary/aromatic N) is 4. The Kier molecular flexibility index (Phi) is 17.8. The predicted octanol–water partition coefficient (Wildman–Crippen LogP) is 33.0. The summed E-state index contributed by atoms with van der Waals surface area (Å²) in [5, 5.41) is 10.5. The fourth-order valence-corrected chi connectivity index (χ4v) is 24.4. The number of hydrogen-bond acceptors (Lipinski definition) is 0. The molecule has 0 atom stereocenters. The third kappa shape index (κ3) is 11.6. The van der Waals surface area contributed by atoms with Gasteiger partial charge in [0.05, 0.1) is 55.0 Å². The molecule has 1 spiro atoms. The molecule has 134 heavy (non-hydrogen) atoms. The molecule has 4 nitrogen and oxygen atoms in total. The van der Waals surface area contributed by atoms with Crippen molar-refractivity contribution in [3.8, 4) is 78.4 Å². The van der Waals surface area contributed by atoms with E-state index in [-0.39, 0.29) is 10.8 Å². The SMILES string of the molecule is Cc1ccc2c(c1)c1ccccc1n2-c1ccc2c(c1)C(C)(C)c1ccccc1-2.Cc1ccc2c(c1)c1ccccc1n2-c1ccc2c(c1)C(c1ccccc1)(c1ccccc1)c1ccccc1-2.Cc1ccc2c(c1)c1ccccc1n2-c1ccc2c(c1)C1(c3ccccc3-c3ccccc31)c1ccccc1-2.Cc1ccc2c(c1)c1ccccc1n2-c1ccc2c(c1)Cc1ccccc1-2. The van der Waals surface area contributed by atoms with E-state index in [4.69, 9.17) is 0 Å². The number of aryl methyl sites for hydroxylation is 4. The van der Waals surface area contributed by atoms with Crippen LogP contribution in [0.25, 0.3) is 166 Å². The highest BCUT2D eigenvalue weighted by Crippen LogP contribution is 2.64. The summed E-state index contributed by atoms with van der Waals surface area (Å²) in [5.41, 5.74) is 49.3. The Morgan fingerprint density at radius 3 is 0.806 bits per heavy atom. The summed E-state index contributed by atoms with van der Waals surface area (Å²) in [6, 6.07) is 166. The number of hydrogen-bond donors (Lipinski definition) is 0. The minimum absolute atomic E-state index is 0.0112. The molecular formula is C130H94N4. The highest BCUT2D eigenvalue weighted by Gasteiger charge is 2.52. The lowest BCUT2D eigenvalue weighted by Gasteiger charge is -2.34. The Hall–Kier alpha value is -16.4. The summed E-state index contributed by atoms with van der Waals surface area (Å²) in [6.45, 7) is 13.4. The molecular weight excluding hydrogens is 1620 g/mol. The average Bonchev–Trinajstić information content (AvgIpc) is 1.50. The van der Waals surface area contributed by atoms with Crippen molar-refractivity contribution in [2.24, 2.45) is 0 Å². The summed E-state index contributed by atoms with van der Waals surface area (Å²) in [4.78, 5) is 0. The molecule has 5 aliphatic rings. The van der Waals surface area contributed by atoms with Crippen LogP contribution < -0.4 is 0 Å². The van der Waals surface area contributed by atoms with E-state index in [9.17, 15) is 0 Å². The molecule has 0 N–H and O–H groups in total. The van der Waals surface area contributed by atoms with Gasteiger partial charge >= 0.3 is 0 Å². The van der Waals surface area contributed by atoms with Crippen molar-refractivity contribution >= 4 is 87.2 Å². The highest BCUT2D eigenvalue weighted by atomic mass is 15.0. The summed E-state index contributed by atoms with van der Waals surface area (Å²) < 4.78 is 9.72. The van der Waals surface area contributed by atoms with Crippen LogP contribution in [-0.4, -0.2) is 18.3 Å². The normalized spacial score (nSPS) is 13.6. The Bertz CT molecular complexity index is 8680. The van der Waals surface area contributed by atoms with E-state index >= 15 is 0 Å². The molecule has 0 saturated heterocycles. The Morgan fingerprint density at radius 2 is 0.425 bits per heavy atom. The maximum absolute atomic E-state index is 2.47. The van der Waals surface area contributed by atoms with E-state index in [2.05, 4.69) is 509 Å². The van der Waals surface area contributed by atoms with Gasteiger partial charge in [0.15, 0.2) is 0 Å². The van der Waals surface area contributed by atoms with E-state index in [0.717, 1.165) is 6.42 Å². The molecule has 0 fully saturated rings. The van der Waals surface area contributed by atoms with Crippen molar-refractivity contribution in [2.45, 2.75) is 64.2 Å². The van der Waals surface area contributed by atoms with E-state index in [1.165, 1.54) is 255 Å². The molecule has 4 heteroatoms. The lowest BCUT2D eigenvalue weighted by Crippen LogP contribution is -2.28. The Morgan fingerprint density at radius 1 is 0.172 bits per heavy atom. The molecule has 0 unspecified atom stereocenters. The molecule has 24 aromatic rings. The van der Waals surface area contributed by atoms with E-state index in [1.807, 2.05) is 0 Å². The minimum atomic E-state index is -0.403. The first-order chi connectivity index (χ1) is 65.9. The fraction of sp³-hybridized carbons (Fsp3) is 0.0769. The number of rotatable bonds is 6. The second-order valence-electron chi connectivity index (χ2n) is 37.9. The van der Waals surface area contributed by atoms with Gasteiger partial charge in [-0.25, -0.2) is 0 Å². The lowest BCUT2D eigenvalue weighted by molar-refractivity contribution is 0.660. The Labute approximate surface area is 780 Å². The predicted molar refractivity (Wildman–Crippen MR) is 561 cm³/mol. The molecule has 0 aliphatic heterocycles. The maximum Gasteiger partial charge on any atom is 0.0726 e. The highest BCUT2D eigenvalue weighted by molar-refractivity contribution is 6.13. The van der Waals surface area contributed by atoms with Crippen LogP contribution in [0.2, 0.25) is 0 Å². The van der Waals surface area contributed by atoms with Crippen molar-refractivity contribution in [3.63, 3.8) is 0 Å². The van der Waals surface area contributed by atoms with Gasteiger partial charge in [0.2, 0.25) is 0 Å². The average molecular weight is 1710 g/mol. The third-order valence-corrected chi connectivity index (χ3v) is 30.1. The standard InChI is InChI=1S/C38H25N.C38H27N.C28H23N.C26H19N/c1-24-18-21-37-31(22-24)30-13-5-9-17-36(30)39(37)25-19-20-29-28-12-4-8-16-34(28)38(35(29)23-25)32-14-6-2-10-26(32)27-11-3-7-15-33(27)38;1-26-20-23-37-33(24-26)32-17-9-11-19-36(32)39(37)29-21-22-31-30-16-8-10-18-34(30)38(35(31)25-29,27-12-4-2-5-13-27)28-14-6-3-7-15-28;1-18-12-15-27-23(16-18)22-9-5-7-11-26(22)29(27)19-13-14-21-20-8-4-6-10-24(20)28(2,3)25(21)17-19;1-17-10-13-26-24(14-17)23-8-4-5-9-25(23)27(26)20-11-12-22-19(16-20)15-18-6-2-3-7-21(18)22/h2-23H,1H3;2-25H,1H3;4-17H,1-3H3;2-14,16H,15H2,1H3. The van der Waals surface area contributed by atoms with Crippen molar-refractivity contribution in [3.05, 3.63) is 538 Å². The maximum atomic E-state index is 2.47. The zero-order valence-electron chi connectivity index (χ0n) is 75.7. The molecule has 4 heterocycles. The number of para-hydroxylation sites is 4. The van der Waals surface area contributed by atoms with Crippen LogP contribution in [0.3, 0.4) is 0 Å². The molecule has 29 rings (SSSR count). The number of fused-ring (bicyclic) bond motifs is 31. The quantitative estimate of drug-likeness (QED) is 0.158. The number of aromatic nitrogens is 4. The minimum Gasteiger partial charge on any atom is -0.309 e. The van der Waals surface area contributed by atoms with Gasteiger partial charge in [-0.15, -0.1) is 0 Å². The van der Waals surface area contributed by atoms with Crippen LogP contribution in [0.5, 0.6) is 0 Å². The first-order valence-electron chi connectivity index (χ1n) is 47.1. The lowest BCUT2D eigenvalue weighted by atomic mass is 9.67. The third-order valence-electron chi connectivity index (χ3n) is 30.1. The Balaban J connectivity index is 0.0000000943. The van der Waals surface area contributed by atoms with E-state index in [1.54, 1.807) is 0 Å². The van der Waals surface area contributed by atoms with Gasteiger partial charge in [0.1, 0.15) is 0 Å². The molecule has 634 valence electrons. The van der Waals surface area contributed by atoms with E-state index in [0.29, 0.717) is 0 Å². The van der Waals surface area contributed by atoms with Crippen LogP contribution in [0.15, 0.2) is 449 Å². The molecule has 0 saturated carbocycles. The van der Waals surface area contributed by atoms with Gasteiger partial charge in [-0.05, 0) is 278 Å². The summed E-state index contributed by atoms with van der Waals surface area (Å²) >= 11 is 0. The smallest absolute Gasteiger partial charge is 0.0726 e. The molecule has 4 aromatic heterocycles. The monoisotopic (exact) mass is 1710 g/mol. The summed E-state index contributed by atoms with van der Waals surface area (Å²) in [6.07, 6.45) is 1.02. The van der Waals surface area contributed by atoms with Crippen LogP contribution in [-0.2, 0) is 22.7 Å². The molecule has 0 bridgehead atoms. The van der Waals surface area contributed by atoms with Crippen LogP contribution in [0, 0.1) is 27.7 Å². The summed E-state index contributed by atoms with van der Waals surface area (Å²) in [5.74, 6) is 0. The van der Waals surface area contributed by atoms with Crippen LogP contribution in [0.4, 0.5) is 0 Å². The molecule has 0 radical (unpaired) electrons. The second-order valence-corrected chi connectivity index (χ2v) is 37.9. The van der Waals surface area contributed by atoms with Crippen LogP contribution >= 0.6 is 0 Å². The number of benzene rings is 20. The topological polar surface area (TPSA) is 19.7 Å². The molecule has 0 amide bonds. The van der Waals surface area contributed by atoms with Gasteiger partial charge in [-0.2, -0.15) is 0 Å². The zero-order chi connectivity index (χ0) is 89.4. The first kappa shape index (κ1) is 78.6. The zero-order valence-corrected chi connectivity index (χ0v) is 75.7. The van der Waals surface area contributed by atoms with Gasteiger partial charge in [-0.3, -0.25) is 0 Å². The summed E-state index contributed by atoms with van der Waals surface area (Å²) in [7, 11) is 0.